The van der Waals surface area contributed by atoms with Crippen LogP contribution < -0.4 is 9.47 Å². The number of carbonyl (C=O) groups excluding carboxylic acids is 1. The van der Waals surface area contributed by atoms with Gasteiger partial charge in [0.15, 0.2) is 5.78 Å². The molecular weight excluding hydrogens is 422 g/mol. The maximum atomic E-state index is 12.5. The smallest absolute Gasteiger partial charge is 0.163 e. The van der Waals surface area contributed by atoms with Crippen LogP contribution in [0.3, 0.4) is 0 Å². The van der Waals surface area contributed by atoms with Crippen LogP contribution in [0.5, 0.6) is 11.5 Å². The highest BCUT2D eigenvalue weighted by Crippen LogP contribution is 2.43. The van der Waals surface area contributed by atoms with Crippen LogP contribution in [0.15, 0.2) is 54.7 Å². The van der Waals surface area contributed by atoms with Gasteiger partial charge in [-0.25, -0.2) is 0 Å². The SMILES string of the molecule is COc1c(Cl)c(C)c(C(C)=O)c(OCCc2ccccn2)c1CCCCc1ccccc1. The summed E-state index contributed by atoms with van der Waals surface area (Å²) < 4.78 is 11.9. The van der Waals surface area contributed by atoms with Gasteiger partial charge in [-0.15, -0.1) is 0 Å². The quantitative estimate of drug-likeness (QED) is 0.248. The van der Waals surface area contributed by atoms with Crippen molar-refractivity contribution >= 4 is 17.4 Å². The Balaban J connectivity index is 1.83. The molecule has 0 unspecified atom stereocenters. The molecule has 0 saturated heterocycles. The molecule has 0 radical (unpaired) electrons. The molecule has 0 saturated carbocycles. The molecule has 0 spiro atoms. The molecule has 168 valence electrons. The molecule has 5 heteroatoms. The number of ether oxygens (including phenoxy) is 2. The lowest BCUT2D eigenvalue weighted by Gasteiger charge is -2.21. The summed E-state index contributed by atoms with van der Waals surface area (Å²) in [7, 11) is 1.61. The summed E-state index contributed by atoms with van der Waals surface area (Å²) >= 11 is 6.62. The number of nitrogens with zero attached hydrogens (tertiary/aromatic N) is 1. The first-order chi connectivity index (χ1) is 15.5. The van der Waals surface area contributed by atoms with Gasteiger partial charge in [-0.3, -0.25) is 9.78 Å². The average Bonchev–Trinajstić information content (AvgIpc) is 2.80. The molecular formula is C27H30ClNO3. The van der Waals surface area contributed by atoms with E-state index >= 15 is 0 Å². The molecule has 0 aliphatic rings. The van der Waals surface area contributed by atoms with Crippen LogP contribution in [0.4, 0.5) is 0 Å². The molecule has 0 atom stereocenters. The number of carbonyl (C=O) groups is 1. The predicted molar refractivity (Wildman–Crippen MR) is 129 cm³/mol. The number of pyridine rings is 1. The summed E-state index contributed by atoms with van der Waals surface area (Å²) in [5, 5.41) is 0.479. The van der Waals surface area contributed by atoms with Crippen molar-refractivity contribution in [3.05, 3.63) is 87.7 Å². The van der Waals surface area contributed by atoms with Crippen LogP contribution in [0.1, 0.15) is 52.5 Å². The Labute approximate surface area is 195 Å². The summed E-state index contributed by atoms with van der Waals surface area (Å²) in [4.78, 5) is 16.9. The third-order valence-corrected chi connectivity index (χ3v) is 6.01. The molecule has 0 bridgehead atoms. The van der Waals surface area contributed by atoms with Crippen LogP contribution in [0, 0.1) is 6.92 Å². The van der Waals surface area contributed by atoms with Gasteiger partial charge in [0.05, 0.1) is 24.3 Å². The van der Waals surface area contributed by atoms with Crippen molar-refractivity contribution in [2.75, 3.05) is 13.7 Å². The van der Waals surface area contributed by atoms with Gasteiger partial charge >= 0.3 is 0 Å². The molecule has 0 fully saturated rings. The van der Waals surface area contributed by atoms with Crippen LogP contribution >= 0.6 is 11.6 Å². The second kappa shape index (κ2) is 11.7. The van der Waals surface area contributed by atoms with Crippen molar-refractivity contribution in [1.82, 2.24) is 4.98 Å². The minimum atomic E-state index is -0.0644. The first-order valence-corrected chi connectivity index (χ1v) is 11.4. The highest BCUT2D eigenvalue weighted by atomic mass is 35.5. The topological polar surface area (TPSA) is 48.4 Å². The zero-order chi connectivity index (χ0) is 22.9. The molecule has 2 aromatic carbocycles. The Kier molecular flexibility index (Phi) is 8.69. The molecule has 3 aromatic rings. The van der Waals surface area contributed by atoms with E-state index in [0.29, 0.717) is 40.7 Å². The first kappa shape index (κ1) is 23.8. The second-order valence-electron chi connectivity index (χ2n) is 7.82. The number of rotatable bonds is 11. The van der Waals surface area contributed by atoms with Gasteiger partial charge in [0.2, 0.25) is 0 Å². The van der Waals surface area contributed by atoms with Crippen LogP contribution in [-0.2, 0) is 19.3 Å². The first-order valence-electron chi connectivity index (χ1n) is 11.0. The molecule has 3 rings (SSSR count). The Morgan fingerprint density at radius 3 is 2.34 bits per heavy atom. The van der Waals surface area contributed by atoms with Gasteiger partial charge < -0.3 is 9.47 Å². The number of benzene rings is 2. The molecule has 0 N–H and O–H groups in total. The number of hydrogen-bond donors (Lipinski definition) is 0. The zero-order valence-corrected chi connectivity index (χ0v) is 19.7. The Morgan fingerprint density at radius 1 is 0.969 bits per heavy atom. The standard InChI is InChI=1S/C27H30ClNO3/c1-19-24(20(2)30)26(32-18-16-22-14-9-10-17-29-22)23(27(31-3)25(19)28)15-8-7-13-21-11-5-4-6-12-21/h4-6,9-12,14,17H,7-8,13,15-16,18H2,1-3H3. The average molecular weight is 452 g/mol. The molecule has 4 nitrogen and oxygen atoms in total. The fourth-order valence-electron chi connectivity index (χ4n) is 3.94. The van der Waals surface area contributed by atoms with Gasteiger partial charge in [0.25, 0.3) is 0 Å². The highest BCUT2D eigenvalue weighted by Gasteiger charge is 2.25. The molecule has 32 heavy (non-hydrogen) atoms. The molecule has 0 aliphatic heterocycles. The van der Waals surface area contributed by atoms with E-state index in [0.717, 1.165) is 36.9 Å². The maximum absolute atomic E-state index is 12.5. The van der Waals surface area contributed by atoms with Crippen molar-refractivity contribution in [3.63, 3.8) is 0 Å². The number of aryl methyl sites for hydroxylation is 1. The van der Waals surface area contributed by atoms with Crippen molar-refractivity contribution in [2.45, 2.75) is 46.0 Å². The summed E-state index contributed by atoms with van der Waals surface area (Å²) in [6.07, 6.45) is 6.08. The minimum absolute atomic E-state index is 0.0644. The van der Waals surface area contributed by atoms with Gasteiger partial charge in [-0.05, 0) is 62.8 Å². The third-order valence-electron chi connectivity index (χ3n) is 5.55. The Morgan fingerprint density at radius 2 is 1.69 bits per heavy atom. The van der Waals surface area contributed by atoms with Crippen molar-refractivity contribution in [3.8, 4) is 11.5 Å². The Bertz CT molecular complexity index is 1040. The van der Waals surface area contributed by atoms with E-state index in [4.69, 9.17) is 21.1 Å². The number of Topliss-reactive ketones (excluding diaryl/α,β-unsaturated/α-hetero) is 1. The van der Waals surface area contributed by atoms with Gasteiger partial charge in [-0.2, -0.15) is 0 Å². The van der Waals surface area contributed by atoms with Gasteiger partial charge in [0.1, 0.15) is 11.5 Å². The fraction of sp³-hybridized carbons (Fsp3) is 0.333. The molecule has 1 heterocycles. The molecule has 0 amide bonds. The predicted octanol–water partition coefficient (Wildman–Crippen LogP) is 6.44. The number of hydrogen-bond acceptors (Lipinski definition) is 4. The number of halogens is 1. The summed E-state index contributed by atoms with van der Waals surface area (Å²) in [5.41, 5.74) is 4.35. The molecule has 1 aromatic heterocycles. The van der Waals surface area contributed by atoms with E-state index in [1.807, 2.05) is 31.2 Å². The van der Waals surface area contributed by atoms with E-state index in [1.165, 1.54) is 5.56 Å². The van der Waals surface area contributed by atoms with Crippen LogP contribution in [0.25, 0.3) is 0 Å². The Hall–Kier alpha value is -2.85. The lowest BCUT2D eigenvalue weighted by molar-refractivity contribution is 0.101. The van der Waals surface area contributed by atoms with Crippen molar-refractivity contribution < 1.29 is 14.3 Å². The lowest BCUT2D eigenvalue weighted by atomic mass is 9.95. The lowest BCUT2D eigenvalue weighted by Crippen LogP contribution is -2.12. The number of ketones is 1. The van der Waals surface area contributed by atoms with Gasteiger partial charge in [0, 0.05) is 23.9 Å². The van der Waals surface area contributed by atoms with E-state index < -0.39 is 0 Å². The van der Waals surface area contributed by atoms with Crippen molar-refractivity contribution in [1.29, 1.82) is 0 Å². The zero-order valence-electron chi connectivity index (χ0n) is 19.0. The summed E-state index contributed by atoms with van der Waals surface area (Å²) in [6.45, 7) is 3.81. The second-order valence-corrected chi connectivity index (χ2v) is 8.20. The maximum Gasteiger partial charge on any atom is 0.163 e. The van der Waals surface area contributed by atoms with E-state index in [9.17, 15) is 4.79 Å². The third kappa shape index (κ3) is 5.89. The van der Waals surface area contributed by atoms with Crippen LogP contribution in [0.2, 0.25) is 5.02 Å². The van der Waals surface area contributed by atoms with E-state index in [1.54, 1.807) is 20.2 Å². The minimum Gasteiger partial charge on any atom is -0.495 e. The molecule has 0 aliphatic carbocycles. The summed E-state index contributed by atoms with van der Waals surface area (Å²) in [5.74, 6) is 1.12. The highest BCUT2D eigenvalue weighted by molar-refractivity contribution is 6.33. The summed E-state index contributed by atoms with van der Waals surface area (Å²) in [6, 6.07) is 16.2. The number of methoxy groups -OCH3 is 1. The monoisotopic (exact) mass is 451 g/mol. The van der Waals surface area contributed by atoms with E-state index in [-0.39, 0.29) is 5.78 Å². The van der Waals surface area contributed by atoms with E-state index in [2.05, 4.69) is 29.2 Å². The van der Waals surface area contributed by atoms with Crippen LogP contribution in [-0.4, -0.2) is 24.5 Å². The van der Waals surface area contributed by atoms with Crippen molar-refractivity contribution in [2.24, 2.45) is 0 Å². The normalized spacial score (nSPS) is 10.8. The number of unbranched alkanes of at least 4 members (excludes halogenated alkanes) is 1. The largest absolute Gasteiger partial charge is 0.495 e. The fourth-order valence-corrected chi connectivity index (χ4v) is 4.22. The van der Waals surface area contributed by atoms with Gasteiger partial charge in [-0.1, -0.05) is 48.0 Å². The number of aromatic nitrogens is 1.